The maximum absolute atomic E-state index is 12.2. The van der Waals surface area contributed by atoms with Gasteiger partial charge in [-0.2, -0.15) is 0 Å². The van der Waals surface area contributed by atoms with Crippen LogP contribution in [0.3, 0.4) is 0 Å². The van der Waals surface area contributed by atoms with Gasteiger partial charge in [0.15, 0.2) is 0 Å². The molecule has 0 atom stereocenters. The van der Waals surface area contributed by atoms with E-state index < -0.39 is 5.97 Å². The zero-order chi connectivity index (χ0) is 17.6. The Labute approximate surface area is 146 Å². The minimum atomic E-state index is -0.416. The van der Waals surface area contributed by atoms with E-state index in [9.17, 15) is 9.90 Å². The lowest BCUT2D eigenvalue weighted by Crippen LogP contribution is -2.08. The Hall–Kier alpha value is -3.27. The SMILES string of the molecule is CCOc1ccc(C(=O)Oc2ccc(-c3ccc(O)cc3)cc2)cc1. The van der Waals surface area contributed by atoms with Crippen molar-refractivity contribution in [1.29, 1.82) is 0 Å². The van der Waals surface area contributed by atoms with Gasteiger partial charge in [-0.1, -0.05) is 24.3 Å². The van der Waals surface area contributed by atoms with Crippen LogP contribution in [0.2, 0.25) is 0 Å². The van der Waals surface area contributed by atoms with E-state index in [2.05, 4.69) is 0 Å². The van der Waals surface area contributed by atoms with Crippen molar-refractivity contribution in [2.75, 3.05) is 6.61 Å². The van der Waals surface area contributed by atoms with E-state index in [1.165, 1.54) is 0 Å². The number of phenolic OH excluding ortho intramolecular Hbond substituents is 1. The van der Waals surface area contributed by atoms with Crippen molar-refractivity contribution in [2.45, 2.75) is 6.92 Å². The summed E-state index contributed by atoms with van der Waals surface area (Å²) in [6.45, 7) is 2.49. The Kier molecular flexibility index (Phi) is 5.00. The van der Waals surface area contributed by atoms with Crippen LogP contribution in [0, 0.1) is 0 Å². The Balaban J connectivity index is 1.68. The number of carbonyl (C=O) groups is 1. The van der Waals surface area contributed by atoms with E-state index in [1.807, 2.05) is 31.2 Å². The Morgan fingerprint density at radius 2 is 1.32 bits per heavy atom. The first-order valence-corrected chi connectivity index (χ1v) is 8.00. The molecule has 0 fully saturated rings. The topological polar surface area (TPSA) is 55.8 Å². The molecule has 0 saturated heterocycles. The normalized spacial score (nSPS) is 10.3. The van der Waals surface area contributed by atoms with E-state index in [4.69, 9.17) is 9.47 Å². The summed E-state index contributed by atoms with van der Waals surface area (Å²) in [6, 6.07) is 21.0. The van der Waals surface area contributed by atoms with Gasteiger partial charge in [0.2, 0.25) is 0 Å². The third-order valence-electron chi connectivity index (χ3n) is 3.67. The van der Waals surface area contributed by atoms with E-state index in [0.717, 1.165) is 16.9 Å². The van der Waals surface area contributed by atoms with E-state index >= 15 is 0 Å². The second-order valence-electron chi connectivity index (χ2n) is 5.42. The van der Waals surface area contributed by atoms with E-state index in [-0.39, 0.29) is 5.75 Å². The van der Waals surface area contributed by atoms with Crippen molar-refractivity contribution < 1.29 is 19.4 Å². The first-order valence-electron chi connectivity index (χ1n) is 8.00. The molecule has 0 aliphatic heterocycles. The first-order chi connectivity index (χ1) is 12.2. The molecule has 0 aromatic heterocycles. The first kappa shape index (κ1) is 16.6. The summed E-state index contributed by atoms with van der Waals surface area (Å²) < 4.78 is 10.7. The van der Waals surface area contributed by atoms with Crippen LogP contribution in [0.25, 0.3) is 11.1 Å². The predicted molar refractivity (Wildman–Crippen MR) is 96.1 cm³/mol. The molecule has 0 heterocycles. The zero-order valence-electron chi connectivity index (χ0n) is 13.8. The summed E-state index contributed by atoms with van der Waals surface area (Å²) in [6.07, 6.45) is 0. The number of hydrogen-bond donors (Lipinski definition) is 1. The molecule has 126 valence electrons. The summed E-state index contributed by atoms with van der Waals surface area (Å²) in [5.74, 6) is 1.00. The number of phenols is 1. The fourth-order valence-electron chi connectivity index (χ4n) is 2.39. The van der Waals surface area contributed by atoms with Crippen LogP contribution in [0.4, 0.5) is 0 Å². The van der Waals surface area contributed by atoms with Crippen molar-refractivity contribution in [1.82, 2.24) is 0 Å². The third kappa shape index (κ3) is 4.18. The minimum Gasteiger partial charge on any atom is -0.508 e. The van der Waals surface area contributed by atoms with Crippen LogP contribution in [-0.2, 0) is 0 Å². The molecule has 0 saturated carbocycles. The molecule has 1 N–H and O–H groups in total. The average molecular weight is 334 g/mol. The number of aromatic hydroxyl groups is 1. The number of ether oxygens (including phenoxy) is 2. The lowest BCUT2D eigenvalue weighted by atomic mass is 10.1. The summed E-state index contributed by atoms with van der Waals surface area (Å²) in [4.78, 5) is 12.2. The van der Waals surface area contributed by atoms with Crippen LogP contribution < -0.4 is 9.47 Å². The smallest absolute Gasteiger partial charge is 0.343 e. The average Bonchev–Trinajstić information content (AvgIpc) is 2.64. The Bertz CT molecular complexity index is 835. The molecular weight excluding hydrogens is 316 g/mol. The minimum absolute atomic E-state index is 0.227. The van der Waals surface area contributed by atoms with Gasteiger partial charge in [-0.3, -0.25) is 0 Å². The Morgan fingerprint density at radius 3 is 1.88 bits per heavy atom. The highest BCUT2D eigenvalue weighted by Gasteiger charge is 2.09. The second kappa shape index (κ2) is 7.53. The summed E-state index contributed by atoms with van der Waals surface area (Å²) in [5.41, 5.74) is 2.41. The molecule has 0 amide bonds. The molecule has 0 unspecified atom stereocenters. The van der Waals surface area contributed by atoms with Gasteiger partial charge in [-0.15, -0.1) is 0 Å². The van der Waals surface area contributed by atoms with Crippen LogP contribution in [0.5, 0.6) is 17.2 Å². The van der Waals surface area contributed by atoms with Gasteiger partial charge in [0.1, 0.15) is 17.2 Å². The molecule has 0 spiro atoms. The standard InChI is InChI=1S/C21H18O4/c1-2-24-19-11-7-17(8-12-19)21(23)25-20-13-5-16(6-14-20)15-3-9-18(22)10-4-15/h3-14,22H,2H2,1H3. The molecule has 0 aliphatic carbocycles. The molecule has 25 heavy (non-hydrogen) atoms. The van der Waals surface area contributed by atoms with Crippen molar-refractivity contribution in [3.05, 3.63) is 78.4 Å². The van der Waals surface area contributed by atoms with Gasteiger partial charge in [0, 0.05) is 0 Å². The molecule has 4 nitrogen and oxygen atoms in total. The molecular formula is C21H18O4. The molecule has 0 aliphatic rings. The number of esters is 1. The highest BCUT2D eigenvalue weighted by atomic mass is 16.5. The fraction of sp³-hybridized carbons (Fsp3) is 0.0952. The maximum Gasteiger partial charge on any atom is 0.343 e. The highest BCUT2D eigenvalue weighted by Crippen LogP contribution is 2.24. The van der Waals surface area contributed by atoms with Gasteiger partial charge < -0.3 is 14.6 Å². The molecule has 3 aromatic rings. The number of benzene rings is 3. The third-order valence-corrected chi connectivity index (χ3v) is 3.67. The molecule has 0 radical (unpaired) electrons. The number of carbonyl (C=O) groups excluding carboxylic acids is 1. The van der Waals surface area contributed by atoms with Gasteiger partial charge in [0.25, 0.3) is 0 Å². The molecule has 3 aromatic carbocycles. The van der Waals surface area contributed by atoms with Crippen LogP contribution in [-0.4, -0.2) is 17.7 Å². The van der Waals surface area contributed by atoms with Crippen LogP contribution >= 0.6 is 0 Å². The maximum atomic E-state index is 12.2. The van der Waals surface area contributed by atoms with Gasteiger partial charge >= 0.3 is 5.97 Å². The van der Waals surface area contributed by atoms with Gasteiger partial charge in [-0.25, -0.2) is 4.79 Å². The molecule has 3 rings (SSSR count). The van der Waals surface area contributed by atoms with Crippen molar-refractivity contribution in [2.24, 2.45) is 0 Å². The van der Waals surface area contributed by atoms with Crippen molar-refractivity contribution in [3.8, 4) is 28.4 Å². The van der Waals surface area contributed by atoms with Gasteiger partial charge in [-0.05, 0) is 66.6 Å². The second-order valence-corrected chi connectivity index (χ2v) is 5.42. The fourth-order valence-corrected chi connectivity index (χ4v) is 2.39. The van der Waals surface area contributed by atoms with Crippen LogP contribution in [0.1, 0.15) is 17.3 Å². The van der Waals surface area contributed by atoms with Crippen molar-refractivity contribution >= 4 is 5.97 Å². The Morgan fingerprint density at radius 1 is 0.800 bits per heavy atom. The lowest BCUT2D eigenvalue weighted by Gasteiger charge is -2.07. The number of rotatable bonds is 5. The van der Waals surface area contributed by atoms with Crippen molar-refractivity contribution in [3.63, 3.8) is 0 Å². The quantitative estimate of drug-likeness (QED) is 0.544. The predicted octanol–water partition coefficient (Wildman–Crippen LogP) is 4.68. The largest absolute Gasteiger partial charge is 0.508 e. The highest BCUT2D eigenvalue weighted by molar-refractivity contribution is 5.91. The van der Waals surface area contributed by atoms with E-state index in [1.54, 1.807) is 48.5 Å². The number of hydrogen-bond acceptors (Lipinski definition) is 4. The molecule has 4 heteroatoms. The van der Waals surface area contributed by atoms with Crippen LogP contribution in [0.15, 0.2) is 72.8 Å². The van der Waals surface area contributed by atoms with E-state index in [0.29, 0.717) is 17.9 Å². The van der Waals surface area contributed by atoms with Gasteiger partial charge in [0.05, 0.1) is 12.2 Å². The molecule has 0 bridgehead atoms. The monoisotopic (exact) mass is 334 g/mol. The summed E-state index contributed by atoms with van der Waals surface area (Å²) in [5, 5.41) is 9.34. The zero-order valence-corrected chi connectivity index (χ0v) is 13.8. The summed E-state index contributed by atoms with van der Waals surface area (Å²) >= 11 is 0. The summed E-state index contributed by atoms with van der Waals surface area (Å²) in [7, 11) is 0. The lowest BCUT2D eigenvalue weighted by molar-refractivity contribution is 0.0734.